The number of nitrogens with zero attached hydrogens (tertiary/aromatic N) is 5. The van der Waals surface area contributed by atoms with E-state index in [1.54, 1.807) is 0 Å². The highest BCUT2D eigenvalue weighted by Gasteiger charge is 1.96. The van der Waals surface area contributed by atoms with E-state index in [0.29, 0.717) is 0 Å². The van der Waals surface area contributed by atoms with Crippen molar-refractivity contribution < 1.29 is 0 Å². The van der Waals surface area contributed by atoms with Gasteiger partial charge in [-0.3, -0.25) is 0 Å². The van der Waals surface area contributed by atoms with E-state index in [9.17, 15) is 0 Å². The lowest BCUT2D eigenvalue weighted by Crippen LogP contribution is -2.07. The van der Waals surface area contributed by atoms with Crippen LogP contribution in [-0.2, 0) is 0 Å². The van der Waals surface area contributed by atoms with Crippen LogP contribution in [0.25, 0.3) is 0 Å². The number of hydrogen-bond donors (Lipinski definition) is 0. The van der Waals surface area contributed by atoms with Gasteiger partial charge < -0.3 is 4.90 Å². The zero-order valence-electron chi connectivity index (χ0n) is 20.2. The van der Waals surface area contributed by atoms with Gasteiger partial charge in [-0.2, -0.15) is 20.5 Å². The van der Waals surface area contributed by atoms with Crippen LogP contribution < -0.4 is 4.90 Å². The lowest BCUT2D eigenvalue weighted by atomic mass is 10.3. The molecule has 0 unspecified atom stereocenters. The van der Waals surface area contributed by atoms with Gasteiger partial charge in [0, 0.05) is 19.8 Å². The van der Waals surface area contributed by atoms with Gasteiger partial charge in [-0.1, -0.05) is 59.7 Å². The molecule has 0 amide bonds. The van der Waals surface area contributed by atoms with Gasteiger partial charge in [0.15, 0.2) is 0 Å². The molecule has 5 nitrogen and oxygen atoms in total. The first-order chi connectivity index (χ1) is 15.2. The summed E-state index contributed by atoms with van der Waals surface area (Å²) in [6, 6.07) is 25.0. The Morgan fingerprint density at radius 1 is 0.419 bits per heavy atom. The van der Waals surface area contributed by atoms with Gasteiger partial charge in [0.1, 0.15) is 0 Å². The molecule has 166 valence electrons. The summed E-state index contributed by atoms with van der Waals surface area (Å²) in [7, 11) is 4.01. The van der Waals surface area contributed by atoms with Crippen LogP contribution >= 0.6 is 0 Å². The van der Waals surface area contributed by atoms with E-state index in [1.165, 1.54) is 0 Å². The fourth-order valence-electron chi connectivity index (χ4n) is 2.13. The fourth-order valence-corrected chi connectivity index (χ4v) is 2.13. The molecule has 0 aromatic heterocycles. The molecule has 3 aromatic carbocycles. The molecule has 0 atom stereocenters. The van der Waals surface area contributed by atoms with E-state index in [4.69, 9.17) is 0 Å². The molecule has 0 aliphatic rings. The zero-order valence-corrected chi connectivity index (χ0v) is 20.2. The van der Waals surface area contributed by atoms with Crippen LogP contribution in [0.3, 0.4) is 0 Å². The van der Waals surface area contributed by atoms with Crippen molar-refractivity contribution in [1.29, 1.82) is 0 Å². The summed E-state index contributed by atoms with van der Waals surface area (Å²) in [6.45, 7) is 12.0. The van der Waals surface area contributed by atoms with Crippen molar-refractivity contribution in [3.63, 3.8) is 0 Å². The Labute approximate surface area is 188 Å². The van der Waals surface area contributed by atoms with Crippen molar-refractivity contribution in [2.24, 2.45) is 20.5 Å². The van der Waals surface area contributed by atoms with Gasteiger partial charge in [0.05, 0.1) is 22.7 Å². The van der Waals surface area contributed by atoms with E-state index in [-0.39, 0.29) is 0 Å². The predicted molar refractivity (Wildman–Crippen MR) is 136 cm³/mol. The minimum absolute atomic E-state index is 0.773. The average molecular weight is 420 g/mol. The smallest absolute Gasteiger partial charge is 0.0858 e. The Morgan fingerprint density at radius 2 is 0.710 bits per heavy atom. The molecule has 0 saturated heterocycles. The van der Waals surface area contributed by atoms with Crippen molar-refractivity contribution in [3.8, 4) is 0 Å². The summed E-state index contributed by atoms with van der Waals surface area (Å²) >= 11 is 0. The maximum absolute atomic E-state index is 4.25. The lowest BCUT2D eigenvalue weighted by Gasteiger charge is -2.11. The number of hydrogen-bond acceptors (Lipinski definition) is 5. The molecular formula is C26H37N5. The van der Waals surface area contributed by atoms with Crippen LogP contribution in [0.5, 0.6) is 0 Å². The van der Waals surface area contributed by atoms with Gasteiger partial charge >= 0.3 is 0 Å². The molecule has 0 saturated carbocycles. The molecule has 0 heterocycles. The Hall–Kier alpha value is -3.34. The van der Waals surface area contributed by atoms with Gasteiger partial charge in [-0.05, 0) is 60.7 Å². The molecule has 0 spiro atoms. The van der Waals surface area contributed by atoms with E-state index in [0.717, 1.165) is 28.4 Å². The Balaban J connectivity index is 0.00000138. The largest absolute Gasteiger partial charge is 0.378 e. The normalized spacial score (nSPS) is 9.68. The first-order valence-corrected chi connectivity index (χ1v) is 11.0. The molecule has 0 aliphatic heterocycles. The second-order valence-corrected chi connectivity index (χ2v) is 5.66. The van der Waals surface area contributed by atoms with Crippen molar-refractivity contribution >= 4 is 28.4 Å². The predicted octanol–water partition coefficient (Wildman–Crippen LogP) is 9.66. The molecule has 0 bridgehead atoms. The van der Waals surface area contributed by atoms with Crippen molar-refractivity contribution in [2.45, 2.75) is 41.5 Å². The highest BCUT2D eigenvalue weighted by atomic mass is 15.1. The van der Waals surface area contributed by atoms with Crippen LogP contribution in [0, 0.1) is 0 Å². The monoisotopic (exact) mass is 419 g/mol. The molecular weight excluding hydrogens is 382 g/mol. The SMILES string of the molecule is CC.CC.CC.CN(C)c1ccc(N=Nc2ccc(N=Nc3ccccc3)cc2)cc1. The molecule has 31 heavy (non-hydrogen) atoms. The fraction of sp³-hybridized carbons (Fsp3) is 0.308. The van der Waals surface area contributed by atoms with E-state index in [1.807, 2.05) is 139 Å². The number of benzene rings is 3. The summed E-state index contributed by atoms with van der Waals surface area (Å²) in [4.78, 5) is 2.05. The molecule has 0 N–H and O–H groups in total. The van der Waals surface area contributed by atoms with Crippen LogP contribution in [0.1, 0.15) is 41.5 Å². The third-order valence-corrected chi connectivity index (χ3v) is 3.53. The maximum Gasteiger partial charge on any atom is 0.0858 e. The third kappa shape index (κ3) is 10.8. The van der Waals surface area contributed by atoms with Gasteiger partial charge in [-0.25, -0.2) is 0 Å². The summed E-state index contributed by atoms with van der Waals surface area (Å²) in [5.41, 5.74) is 4.33. The number of anilines is 1. The minimum Gasteiger partial charge on any atom is -0.378 e. The van der Waals surface area contributed by atoms with E-state index in [2.05, 4.69) is 20.5 Å². The first-order valence-electron chi connectivity index (χ1n) is 11.0. The molecule has 0 radical (unpaired) electrons. The molecule has 3 rings (SSSR count). The van der Waals surface area contributed by atoms with E-state index >= 15 is 0 Å². The molecule has 5 heteroatoms. The van der Waals surface area contributed by atoms with Gasteiger partial charge in [-0.15, -0.1) is 0 Å². The van der Waals surface area contributed by atoms with Gasteiger partial charge in [0.25, 0.3) is 0 Å². The van der Waals surface area contributed by atoms with E-state index < -0.39 is 0 Å². The van der Waals surface area contributed by atoms with Crippen LogP contribution in [-0.4, -0.2) is 14.1 Å². The summed E-state index contributed by atoms with van der Waals surface area (Å²) in [6.07, 6.45) is 0. The van der Waals surface area contributed by atoms with Crippen LogP contribution in [0.2, 0.25) is 0 Å². The Bertz CT molecular complexity index is 853. The Morgan fingerprint density at radius 3 is 1.03 bits per heavy atom. The third-order valence-electron chi connectivity index (χ3n) is 3.53. The summed E-state index contributed by atoms with van der Waals surface area (Å²) in [5.74, 6) is 0. The number of azo groups is 2. The second-order valence-electron chi connectivity index (χ2n) is 5.66. The van der Waals surface area contributed by atoms with Crippen LogP contribution in [0.4, 0.5) is 28.4 Å². The highest BCUT2D eigenvalue weighted by Crippen LogP contribution is 2.24. The lowest BCUT2D eigenvalue weighted by molar-refractivity contribution is 1.13. The first kappa shape index (κ1) is 27.7. The molecule has 0 aliphatic carbocycles. The Kier molecular flexibility index (Phi) is 15.6. The van der Waals surface area contributed by atoms with Gasteiger partial charge in [0.2, 0.25) is 0 Å². The maximum atomic E-state index is 4.25. The highest BCUT2D eigenvalue weighted by molar-refractivity contribution is 5.52. The topological polar surface area (TPSA) is 52.7 Å². The quantitative estimate of drug-likeness (QED) is 0.380. The van der Waals surface area contributed by atoms with Crippen molar-refractivity contribution in [2.75, 3.05) is 19.0 Å². The standard InChI is InChI=1S/C20H19N5.3C2H6/c1-25(2)20-14-12-19(13-15-20)24-23-18-10-8-17(9-11-18)22-21-16-6-4-3-5-7-16;3*1-2/h3-15H,1-2H3;3*1-2H3. The second kappa shape index (κ2) is 17.5. The molecule has 3 aromatic rings. The minimum atomic E-state index is 0.773. The summed E-state index contributed by atoms with van der Waals surface area (Å²) in [5, 5.41) is 16.9. The average Bonchev–Trinajstić information content (AvgIpc) is 2.86. The van der Waals surface area contributed by atoms with Crippen LogP contribution in [0.15, 0.2) is 99.3 Å². The molecule has 0 fully saturated rings. The zero-order chi connectivity index (χ0) is 23.5. The van der Waals surface area contributed by atoms with Crippen molar-refractivity contribution in [1.82, 2.24) is 0 Å². The number of rotatable bonds is 5. The van der Waals surface area contributed by atoms with Crippen molar-refractivity contribution in [3.05, 3.63) is 78.9 Å². The summed E-state index contributed by atoms with van der Waals surface area (Å²) < 4.78 is 0.